The minimum atomic E-state index is 0.688. The Morgan fingerprint density at radius 3 is 2.85 bits per heavy atom. The second-order valence-electron chi connectivity index (χ2n) is 4.45. The number of halogens is 1. The zero-order valence-electron chi connectivity index (χ0n) is 11.5. The maximum absolute atomic E-state index is 6.12. The molecule has 0 spiro atoms. The minimum absolute atomic E-state index is 0.688. The molecule has 0 fully saturated rings. The first-order chi connectivity index (χ1) is 9.70. The molecule has 1 heterocycles. The summed E-state index contributed by atoms with van der Waals surface area (Å²) in [6.45, 7) is 3.63. The normalized spacial score (nSPS) is 10.5. The molecule has 0 unspecified atom stereocenters. The zero-order valence-corrected chi connectivity index (χ0v) is 13.9. The number of para-hydroxylation sites is 1. The third-order valence-electron chi connectivity index (χ3n) is 2.84. The van der Waals surface area contributed by atoms with E-state index < -0.39 is 0 Å². The second kappa shape index (κ2) is 7.55. The van der Waals surface area contributed by atoms with Crippen LogP contribution in [-0.2, 0) is 6.42 Å². The molecule has 2 aromatic rings. The van der Waals surface area contributed by atoms with Crippen LogP contribution in [0.3, 0.4) is 0 Å². The Bertz CT molecular complexity index is 557. The molecule has 20 heavy (non-hydrogen) atoms. The van der Waals surface area contributed by atoms with Gasteiger partial charge in [-0.25, -0.2) is 0 Å². The number of ether oxygens (including phenoxy) is 1. The second-order valence-corrected chi connectivity index (χ2v) is 7.00. The van der Waals surface area contributed by atoms with Gasteiger partial charge in [0.15, 0.2) is 0 Å². The predicted molar refractivity (Wildman–Crippen MR) is 90.9 cm³/mol. The summed E-state index contributed by atoms with van der Waals surface area (Å²) in [5.41, 5.74) is 7.74. The molecule has 2 rings (SSSR count). The summed E-state index contributed by atoms with van der Waals surface area (Å²) in [5, 5.41) is 3.37. The SMILES string of the molecule is CCCOc1cccc(NCCc2ccc(Br)s2)c1N. The van der Waals surface area contributed by atoms with Crippen molar-refractivity contribution in [3.8, 4) is 5.75 Å². The molecule has 3 N–H and O–H groups in total. The van der Waals surface area contributed by atoms with E-state index in [1.165, 1.54) is 8.66 Å². The highest BCUT2D eigenvalue weighted by molar-refractivity contribution is 9.11. The van der Waals surface area contributed by atoms with Crippen molar-refractivity contribution < 1.29 is 4.74 Å². The van der Waals surface area contributed by atoms with E-state index in [1.807, 2.05) is 18.2 Å². The lowest BCUT2D eigenvalue weighted by atomic mass is 10.2. The van der Waals surface area contributed by atoms with Gasteiger partial charge in [-0.3, -0.25) is 0 Å². The number of nitrogens with two attached hydrogens (primary N) is 1. The summed E-state index contributed by atoms with van der Waals surface area (Å²) in [6, 6.07) is 10.1. The molecule has 0 aliphatic rings. The molecule has 0 atom stereocenters. The van der Waals surface area contributed by atoms with Crippen LogP contribution in [0.15, 0.2) is 34.1 Å². The fourth-order valence-electron chi connectivity index (χ4n) is 1.84. The van der Waals surface area contributed by atoms with Crippen molar-refractivity contribution in [3.05, 3.63) is 39.0 Å². The van der Waals surface area contributed by atoms with Gasteiger partial charge in [0, 0.05) is 11.4 Å². The minimum Gasteiger partial charge on any atom is -0.491 e. The van der Waals surface area contributed by atoms with Gasteiger partial charge in [-0.1, -0.05) is 13.0 Å². The van der Waals surface area contributed by atoms with Crippen molar-refractivity contribution in [3.63, 3.8) is 0 Å². The number of nitrogens with one attached hydrogen (secondary N) is 1. The zero-order chi connectivity index (χ0) is 14.4. The van der Waals surface area contributed by atoms with E-state index in [2.05, 4.69) is 40.3 Å². The van der Waals surface area contributed by atoms with E-state index in [1.54, 1.807) is 11.3 Å². The Balaban J connectivity index is 1.92. The molecule has 3 nitrogen and oxygen atoms in total. The Morgan fingerprint density at radius 1 is 1.30 bits per heavy atom. The Morgan fingerprint density at radius 2 is 2.15 bits per heavy atom. The molecule has 5 heteroatoms. The summed E-state index contributed by atoms with van der Waals surface area (Å²) in [6.07, 6.45) is 1.96. The molecule has 0 aliphatic carbocycles. The topological polar surface area (TPSA) is 47.3 Å². The van der Waals surface area contributed by atoms with Crippen LogP contribution in [0.2, 0.25) is 0 Å². The smallest absolute Gasteiger partial charge is 0.144 e. The van der Waals surface area contributed by atoms with Gasteiger partial charge < -0.3 is 15.8 Å². The van der Waals surface area contributed by atoms with E-state index in [0.29, 0.717) is 12.3 Å². The average Bonchev–Trinajstić information content (AvgIpc) is 2.85. The van der Waals surface area contributed by atoms with Gasteiger partial charge in [-0.2, -0.15) is 0 Å². The number of anilines is 2. The number of thiophene rings is 1. The van der Waals surface area contributed by atoms with Gasteiger partial charge in [0.25, 0.3) is 0 Å². The van der Waals surface area contributed by atoms with Crippen molar-refractivity contribution in [2.75, 3.05) is 24.2 Å². The average molecular weight is 355 g/mol. The third kappa shape index (κ3) is 4.15. The van der Waals surface area contributed by atoms with E-state index in [4.69, 9.17) is 10.5 Å². The van der Waals surface area contributed by atoms with E-state index in [-0.39, 0.29) is 0 Å². The van der Waals surface area contributed by atoms with Crippen LogP contribution in [0.25, 0.3) is 0 Å². The maximum atomic E-state index is 6.12. The molecule has 0 amide bonds. The van der Waals surface area contributed by atoms with Crippen molar-refractivity contribution >= 4 is 38.6 Å². The van der Waals surface area contributed by atoms with Crippen LogP contribution < -0.4 is 15.8 Å². The quantitative estimate of drug-likeness (QED) is 0.717. The predicted octanol–water partition coefficient (Wildman–Crippen LogP) is 4.54. The Labute approximate surface area is 132 Å². The van der Waals surface area contributed by atoms with Crippen LogP contribution >= 0.6 is 27.3 Å². The van der Waals surface area contributed by atoms with Crippen molar-refractivity contribution in [1.29, 1.82) is 0 Å². The van der Waals surface area contributed by atoms with Crippen molar-refractivity contribution in [2.45, 2.75) is 19.8 Å². The molecule has 1 aromatic carbocycles. The third-order valence-corrected chi connectivity index (χ3v) is 4.53. The van der Waals surface area contributed by atoms with E-state index in [9.17, 15) is 0 Å². The van der Waals surface area contributed by atoms with Gasteiger partial charge in [0.2, 0.25) is 0 Å². The molecular formula is C15H19BrN2OS. The molecule has 0 saturated heterocycles. The van der Waals surface area contributed by atoms with Gasteiger partial charge in [0.05, 0.1) is 21.8 Å². The van der Waals surface area contributed by atoms with Crippen LogP contribution in [0.1, 0.15) is 18.2 Å². The molecule has 108 valence electrons. The summed E-state index contributed by atoms with van der Waals surface area (Å²) in [4.78, 5) is 1.35. The summed E-state index contributed by atoms with van der Waals surface area (Å²) >= 11 is 5.24. The summed E-state index contributed by atoms with van der Waals surface area (Å²) < 4.78 is 6.79. The standard InChI is InChI=1S/C15H19BrN2OS/c1-2-10-19-13-5-3-4-12(15(13)17)18-9-8-11-6-7-14(16)20-11/h3-7,18H,2,8-10,17H2,1H3. The van der Waals surface area contributed by atoms with Crippen LogP contribution in [0.5, 0.6) is 5.75 Å². The van der Waals surface area contributed by atoms with Crippen molar-refractivity contribution in [1.82, 2.24) is 0 Å². The number of rotatable bonds is 7. The van der Waals surface area contributed by atoms with Crippen molar-refractivity contribution in [2.24, 2.45) is 0 Å². The van der Waals surface area contributed by atoms with Gasteiger partial charge in [-0.05, 0) is 53.0 Å². The largest absolute Gasteiger partial charge is 0.491 e. The lowest BCUT2D eigenvalue weighted by Crippen LogP contribution is -2.07. The number of benzene rings is 1. The fourth-order valence-corrected chi connectivity index (χ4v) is 3.33. The Kier molecular flexibility index (Phi) is 5.73. The number of hydrogen-bond donors (Lipinski definition) is 2. The molecule has 1 aromatic heterocycles. The maximum Gasteiger partial charge on any atom is 0.144 e. The molecule has 0 bridgehead atoms. The monoisotopic (exact) mass is 354 g/mol. The molecule has 0 radical (unpaired) electrons. The lowest BCUT2D eigenvalue weighted by molar-refractivity contribution is 0.319. The number of hydrogen-bond acceptors (Lipinski definition) is 4. The number of nitrogen functional groups attached to an aromatic ring is 1. The van der Waals surface area contributed by atoms with Gasteiger partial charge in [0.1, 0.15) is 5.75 Å². The molecule has 0 saturated carbocycles. The summed E-state index contributed by atoms with van der Waals surface area (Å²) in [5.74, 6) is 0.760. The van der Waals surface area contributed by atoms with Gasteiger partial charge >= 0.3 is 0 Å². The lowest BCUT2D eigenvalue weighted by Gasteiger charge is -2.13. The summed E-state index contributed by atoms with van der Waals surface area (Å²) in [7, 11) is 0. The van der Waals surface area contributed by atoms with Gasteiger partial charge in [-0.15, -0.1) is 11.3 Å². The van der Waals surface area contributed by atoms with E-state index in [0.717, 1.165) is 30.8 Å². The first kappa shape index (κ1) is 15.2. The highest BCUT2D eigenvalue weighted by Crippen LogP contribution is 2.29. The highest BCUT2D eigenvalue weighted by Gasteiger charge is 2.05. The first-order valence-corrected chi connectivity index (χ1v) is 8.31. The van der Waals surface area contributed by atoms with Crippen LogP contribution in [0, 0.1) is 0 Å². The molecule has 0 aliphatic heterocycles. The Hall–Kier alpha value is -1.20. The fraction of sp³-hybridized carbons (Fsp3) is 0.333. The van der Waals surface area contributed by atoms with E-state index >= 15 is 0 Å². The first-order valence-electron chi connectivity index (χ1n) is 6.70. The highest BCUT2D eigenvalue weighted by atomic mass is 79.9. The molecular weight excluding hydrogens is 336 g/mol. The van der Waals surface area contributed by atoms with Crippen LogP contribution in [-0.4, -0.2) is 13.2 Å². The van der Waals surface area contributed by atoms with Crippen LogP contribution in [0.4, 0.5) is 11.4 Å².